The molecule has 18 heavy (non-hydrogen) atoms. The monoisotopic (exact) mass is 293 g/mol. The molecule has 1 atom stereocenters. The molecular formula is C12H21Cl2N3O. The summed E-state index contributed by atoms with van der Waals surface area (Å²) in [6.07, 6.45) is 4.05. The first kappa shape index (κ1) is 19.5. The quantitative estimate of drug-likeness (QED) is 0.896. The third-order valence-electron chi connectivity index (χ3n) is 2.34. The Hall–Kier alpha value is -0.840. The first-order valence-corrected chi connectivity index (χ1v) is 5.47. The van der Waals surface area contributed by atoms with Crippen LogP contribution >= 0.6 is 24.8 Å². The maximum atomic E-state index is 11.7. The molecule has 0 aliphatic heterocycles. The number of nitrogens with two attached hydrogens (primary N) is 1. The molecule has 0 bridgehead atoms. The summed E-state index contributed by atoms with van der Waals surface area (Å²) in [6.45, 7) is 5.99. The fourth-order valence-electron chi connectivity index (χ4n) is 1.45. The molecule has 1 heterocycles. The Morgan fingerprint density at radius 2 is 2.06 bits per heavy atom. The van der Waals surface area contributed by atoms with E-state index in [0.29, 0.717) is 12.3 Å². The summed E-state index contributed by atoms with van der Waals surface area (Å²) >= 11 is 0. The molecule has 1 amide bonds. The van der Waals surface area contributed by atoms with Gasteiger partial charge in [0.25, 0.3) is 0 Å². The number of halogens is 2. The minimum absolute atomic E-state index is 0. The number of carbonyl (C=O) groups is 1. The highest BCUT2D eigenvalue weighted by Crippen LogP contribution is 2.12. The van der Waals surface area contributed by atoms with Crippen LogP contribution in [0.3, 0.4) is 0 Å². The number of aryl methyl sites for hydroxylation is 1. The molecule has 0 aliphatic carbocycles. The van der Waals surface area contributed by atoms with Gasteiger partial charge in [0.05, 0.1) is 6.04 Å². The fraction of sp³-hybridized carbons (Fsp3) is 0.500. The van der Waals surface area contributed by atoms with Crippen LogP contribution in [0.4, 0.5) is 5.69 Å². The topological polar surface area (TPSA) is 68.0 Å². The van der Waals surface area contributed by atoms with E-state index in [4.69, 9.17) is 5.73 Å². The Kier molecular flexibility index (Phi) is 9.90. The van der Waals surface area contributed by atoms with Crippen molar-refractivity contribution in [3.8, 4) is 0 Å². The molecular weight excluding hydrogens is 273 g/mol. The molecule has 0 saturated carbocycles. The van der Waals surface area contributed by atoms with Gasteiger partial charge in [0, 0.05) is 18.1 Å². The number of rotatable bonds is 4. The lowest BCUT2D eigenvalue weighted by Gasteiger charge is -2.14. The van der Waals surface area contributed by atoms with Crippen LogP contribution < -0.4 is 11.1 Å². The number of hydrogen-bond acceptors (Lipinski definition) is 3. The molecule has 104 valence electrons. The van der Waals surface area contributed by atoms with Gasteiger partial charge in [-0.2, -0.15) is 0 Å². The molecule has 0 unspecified atom stereocenters. The van der Waals surface area contributed by atoms with Gasteiger partial charge in [0.1, 0.15) is 0 Å². The zero-order valence-corrected chi connectivity index (χ0v) is 12.5. The van der Waals surface area contributed by atoms with Crippen molar-refractivity contribution in [3.63, 3.8) is 0 Å². The van der Waals surface area contributed by atoms with Crippen molar-refractivity contribution in [1.29, 1.82) is 0 Å². The number of carbonyl (C=O) groups excluding carboxylic acids is 1. The van der Waals surface area contributed by atoms with E-state index in [2.05, 4.69) is 10.3 Å². The van der Waals surface area contributed by atoms with Crippen molar-refractivity contribution in [2.24, 2.45) is 11.7 Å². The predicted octanol–water partition coefficient (Wildman–Crippen LogP) is 2.55. The number of aromatic nitrogens is 1. The minimum Gasteiger partial charge on any atom is -0.324 e. The molecule has 0 spiro atoms. The Balaban J connectivity index is 0. The van der Waals surface area contributed by atoms with Crippen molar-refractivity contribution >= 4 is 36.4 Å². The lowest BCUT2D eigenvalue weighted by molar-refractivity contribution is -0.117. The number of anilines is 1. The highest BCUT2D eigenvalue weighted by atomic mass is 35.5. The normalized spacial score (nSPS) is 11.2. The third-order valence-corrected chi connectivity index (χ3v) is 2.34. The molecule has 0 radical (unpaired) electrons. The summed E-state index contributed by atoms with van der Waals surface area (Å²) in [6, 6.07) is 1.32. The molecule has 1 rings (SSSR count). The first-order valence-electron chi connectivity index (χ1n) is 5.47. The van der Waals surface area contributed by atoms with Gasteiger partial charge in [-0.05, 0) is 30.9 Å². The van der Waals surface area contributed by atoms with E-state index in [-0.39, 0.29) is 30.7 Å². The zero-order valence-electron chi connectivity index (χ0n) is 10.8. The van der Waals surface area contributed by atoms with Gasteiger partial charge in [-0.25, -0.2) is 0 Å². The van der Waals surface area contributed by atoms with E-state index < -0.39 is 6.04 Å². The predicted molar refractivity (Wildman–Crippen MR) is 79.5 cm³/mol. The lowest BCUT2D eigenvalue weighted by atomic mass is 10.0. The zero-order chi connectivity index (χ0) is 12.1. The summed E-state index contributed by atoms with van der Waals surface area (Å²) in [7, 11) is 0. The molecule has 0 saturated heterocycles. The highest BCUT2D eigenvalue weighted by molar-refractivity contribution is 5.95. The number of nitrogens with zero attached hydrogens (tertiary/aromatic N) is 1. The van der Waals surface area contributed by atoms with Crippen LogP contribution in [0.2, 0.25) is 0 Å². The van der Waals surface area contributed by atoms with E-state index in [1.807, 2.05) is 20.8 Å². The second-order valence-electron chi connectivity index (χ2n) is 4.42. The summed E-state index contributed by atoms with van der Waals surface area (Å²) < 4.78 is 0. The first-order chi connectivity index (χ1) is 7.50. The molecule has 1 aromatic heterocycles. The molecule has 1 aromatic rings. The van der Waals surface area contributed by atoms with Crippen molar-refractivity contribution < 1.29 is 4.79 Å². The lowest BCUT2D eigenvalue weighted by Crippen LogP contribution is -2.36. The SMILES string of the molecule is Cc1cnccc1NC(=O)[C@@H](N)CC(C)C.Cl.Cl. The van der Waals surface area contributed by atoms with Gasteiger partial charge >= 0.3 is 0 Å². The maximum Gasteiger partial charge on any atom is 0.241 e. The summed E-state index contributed by atoms with van der Waals surface area (Å²) in [4.78, 5) is 15.7. The fourth-order valence-corrected chi connectivity index (χ4v) is 1.45. The second-order valence-corrected chi connectivity index (χ2v) is 4.42. The van der Waals surface area contributed by atoms with Crippen molar-refractivity contribution in [3.05, 3.63) is 24.0 Å². The molecule has 4 nitrogen and oxygen atoms in total. The second kappa shape index (κ2) is 9.14. The summed E-state index contributed by atoms with van der Waals surface area (Å²) in [5, 5.41) is 2.81. The van der Waals surface area contributed by atoms with Crippen LogP contribution in [-0.4, -0.2) is 16.9 Å². The van der Waals surface area contributed by atoms with E-state index in [1.165, 1.54) is 0 Å². The van der Waals surface area contributed by atoms with Gasteiger partial charge in [0.2, 0.25) is 5.91 Å². The molecule has 0 fully saturated rings. The van der Waals surface area contributed by atoms with Gasteiger partial charge < -0.3 is 11.1 Å². The van der Waals surface area contributed by atoms with E-state index in [9.17, 15) is 4.79 Å². The molecule has 0 aromatic carbocycles. The average molecular weight is 294 g/mol. The number of nitrogens with one attached hydrogen (secondary N) is 1. The van der Waals surface area contributed by atoms with Gasteiger partial charge in [-0.1, -0.05) is 13.8 Å². The van der Waals surface area contributed by atoms with E-state index in [1.54, 1.807) is 18.5 Å². The number of pyridine rings is 1. The van der Waals surface area contributed by atoms with E-state index in [0.717, 1.165) is 11.3 Å². The summed E-state index contributed by atoms with van der Waals surface area (Å²) in [5.74, 6) is 0.280. The van der Waals surface area contributed by atoms with Crippen molar-refractivity contribution in [2.75, 3.05) is 5.32 Å². The van der Waals surface area contributed by atoms with Crippen LogP contribution in [0.15, 0.2) is 18.5 Å². The summed E-state index contributed by atoms with van der Waals surface area (Å²) in [5.41, 5.74) is 7.50. The van der Waals surface area contributed by atoms with Crippen molar-refractivity contribution in [2.45, 2.75) is 33.2 Å². The smallest absolute Gasteiger partial charge is 0.241 e. The van der Waals surface area contributed by atoms with Crippen LogP contribution in [0.5, 0.6) is 0 Å². The molecule has 3 N–H and O–H groups in total. The van der Waals surface area contributed by atoms with Crippen LogP contribution in [0.1, 0.15) is 25.8 Å². The van der Waals surface area contributed by atoms with Gasteiger partial charge in [0.15, 0.2) is 0 Å². The minimum atomic E-state index is -0.451. The Bertz CT molecular complexity index is 372. The standard InChI is InChI=1S/C12H19N3O.2ClH/c1-8(2)6-10(13)12(16)15-11-4-5-14-7-9(11)3;;/h4-5,7-8,10H,6,13H2,1-3H3,(H,14,15,16);2*1H/t10-;;/m0../s1. The largest absolute Gasteiger partial charge is 0.324 e. The Morgan fingerprint density at radius 3 is 2.56 bits per heavy atom. The highest BCUT2D eigenvalue weighted by Gasteiger charge is 2.15. The van der Waals surface area contributed by atoms with Crippen LogP contribution in [0, 0.1) is 12.8 Å². The van der Waals surface area contributed by atoms with Crippen LogP contribution in [-0.2, 0) is 4.79 Å². The average Bonchev–Trinajstić information content (AvgIpc) is 2.20. The Labute approximate surface area is 121 Å². The van der Waals surface area contributed by atoms with Crippen LogP contribution in [0.25, 0.3) is 0 Å². The number of amides is 1. The van der Waals surface area contributed by atoms with E-state index >= 15 is 0 Å². The third kappa shape index (κ3) is 6.19. The molecule has 0 aliphatic rings. The van der Waals surface area contributed by atoms with Gasteiger partial charge in [-0.3, -0.25) is 9.78 Å². The Morgan fingerprint density at radius 1 is 1.44 bits per heavy atom. The molecule has 6 heteroatoms. The maximum absolute atomic E-state index is 11.7. The van der Waals surface area contributed by atoms with Gasteiger partial charge in [-0.15, -0.1) is 24.8 Å². The number of hydrogen-bond donors (Lipinski definition) is 2. The van der Waals surface area contributed by atoms with Crippen molar-refractivity contribution in [1.82, 2.24) is 4.98 Å².